The number of furan rings is 1. The van der Waals surface area contributed by atoms with E-state index in [0.29, 0.717) is 13.2 Å². The molecule has 0 saturated carbocycles. The van der Waals surface area contributed by atoms with E-state index >= 15 is 0 Å². The van der Waals surface area contributed by atoms with E-state index < -0.39 is 0 Å². The molecule has 4 heteroatoms. The minimum atomic E-state index is -0.0373. The number of ether oxygens (including phenoxy) is 1. The first-order chi connectivity index (χ1) is 10.6. The van der Waals surface area contributed by atoms with Gasteiger partial charge in [0, 0.05) is 13.0 Å². The van der Waals surface area contributed by atoms with Crippen LogP contribution in [0.2, 0.25) is 0 Å². The molecule has 1 aliphatic rings. The van der Waals surface area contributed by atoms with Crippen LogP contribution in [0.5, 0.6) is 5.75 Å². The average Bonchev–Trinajstić information content (AvgIpc) is 2.80. The smallest absolute Gasteiger partial charge is 0.226 e. The van der Waals surface area contributed by atoms with Crippen molar-refractivity contribution in [2.75, 3.05) is 13.7 Å². The highest BCUT2D eigenvalue weighted by Gasteiger charge is 2.26. The maximum Gasteiger partial charge on any atom is 0.226 e. The summed E-state index contributed by atoms with van der Waals surface area (Å²) in [5.74, 6) is 2.70. The van der Waals surface area contributed by atoms with Crippen LogP contribution in [0, 0.1) is 12.8 Å². The predicted molar refractivity (Wildman–Crippen MR) is 83.7 cm³/mol. The van der Waals surface area contributed by atoms with Crippen LogP contribution in [0.3, 0.4) is 0 Å². The van der Waals surface area contributed by atoms with Crippen molar-refractivity contribution in [3.8, 4) is 5.75 Å². The summed E-state index contributed by atoms with van der Waals surface area (Å²) in [5.41, 5.74) is 1.11. The van der Waals surface area contributed by atoms with E-state index in [9.17, 15) is 4.79 Å². The van der Waals surface area contributed by atoms with Crippen molar-refractivity contribution in [3.05, 3.63) is 53.5 Å². The standard InChI is InChI=1S/C18H21NO3/c1-13-7-8-16(22-13)12-19(2)18(20)15-9-10-21-17-6-4-3-5-14(17)11-15/h3-8,15H,9-12H2,1-2H3/t15-/m1/s1. The topological polar surface area (TPSA) is 42.7 Å². The summed E-state index contributed by atoms with van der Waals surface area (Å²) in [7, 11) is 1.83. The average molecular weight is 299 g/mol. The van der Waals surface area contributed by atoms with Gasteiger partial charge < -0.3 is 14.1 Å². The lowest BCUT2D eigenvalue weighted by atomic mass is 9.95. The van der Waals surface area contributed by atoms with Gasteiger partial charge in [-0.1, -0.05) is 18.2 Å². The van der Waals surface area contributed by atoms with Crippen LogP contribution in [0.25, 0.3) is 0 Å². The highest BCUT2D eigenvalue weighted by molar-refractivity contribution is 5.79. The quantitative estimate of drug-likeness (QED) is 0.874. The Morgan fingerprint density at radius 2 is 2.09 bits per heavy atom. The number of para-hydroxylation sites is 1. The minimum Gasteiger partial charge on any atom is -0.493 e. The molecule has 1 atom stereocenters. The second kappa shape index (κ2) is 6.26. The van der Waals surface area contributed by atoms with Gasteiger partial charge in [-0.2, -0.15) is 0 Å². The Morgan fingerprint density at radius 1 is 1.27 bits per heavy atom. The van der Waals surface area contributed by atoms with Crippen molar-refractivity contribution in [2.24, 2.45) is 5.92 Å². The Hall–Kier alpha value is -2.23. The van der Waals surface area contributed by atoms with E-state index in [2.05, 4.69) is 0 Å². The first-order valence-corrected chi connectivity index (χ1v) is 7.64. The molecule has 0 N–H and O–H groups in total. The molecule has 1 aliphatic heterocycles. The summed E-state index contributed by atoms with van der Waals surface area (Å²) in [6.07, 6.45) is 1.48. The molecular formula is C18H21NO3. The number of benzene rings is 1. The Balaban J connectivity index is 1.69. The summed E-state index contributed by atoms with van der Waals surface area (Å²) >= 11 is 0. The third-order valence-electron chi connectivity index (χ3n) is 4.08. The molecule has 0 unspecified atom stereocenters. The Bertz CT molecular complexity index is 662. The first-order valence-electron chi connectivity index (χ1n) is 7.64. The lowest BCUT2D eigenvalue weighted by molar-refractivity contribution is -0.135. The third-order valence-corrected chi connectivity index (χ3v) is 4.08. The molecule has 116 valence electrons. The summed E-state index contributed by atoms with van der Waals surface area (Å²) in [4.78, 5) is 14.4. The van der Waals surface area contributed by atoms with E-state index in [1.54, 1.807) is 4.90 Å². The summed E-state index contributed by atoms with van der Waals surface area (Å²) in [6, 6.07) is 11.8. The first kappa shape index (κ1) is 14.7. The van der Waals surface area contributed by atoms with Gasteiger partial charge in [0.1, 0.15) is 17.3 Å². The van der Waals surface area contributed by atoms with Crippen LogP contribution in [-0.4, -0.2) is 24.5 Å². The Kier molecular flexibility index (Phi) is 4.18. The molecule has 1 amide bonds. The number of hydrogen-bond acceptors (Lipinski definition) is 3. The van der Waals surface area contributed by atoms with Gasteiger partial charge in [0.25, 0.3) is 0 Å². The van der Waals surface area contributed by atoms with Crippen molar-refractivity contribution < 1.29 is 13.9 Å². The molecule has 1 aromatic heterocycles. The largest absolute Gasteiger partial charge is 0.493 e. The van der Waals surface area contributed by atoms with Gasteiger partial charge in [-0.05, 0) is 43.5 Å². The van der Waals surface area contributed by atoms with Crippen LogP contribution in [0.15, 0.2) is 40.8 Å². The molecule has 0 radical (unpaired) electrons. The number of nitrogens with zero attached hydrogens (tertiary/aromatic N) is 1. The number of carbonyl (C=O) groups excluding carboxylic acids is 1. The van der Waals surface area contributed by atoms with E-state index in [4.69, 9.17) is 9.15 Å². The minimum absolute atomic E-state index is 0.0373. The molecule has 22 heavy (non-hydrogen) atoms. The molecule has 0 spiro atoms. The fourth-order valence-electron chi connectivity index (χ4n) is 2.90. The normalized spacial score (nSPS) is 17.3. The zero-order valence-electron chi connectivity index (χ0n) is 13.0. The number of rotatable bonds is 3. The van der Waals surface area contributed by atoms with Crippen molar-refractivity contribution in [3.63, 3.8) is 0 Å². The number of carbonyl (C=O) groups is 1. The molecule has 4 nitrogen and oxygen atoms in total. The van der Waals surface area contributed by atoms with Crippen LogP contribution < -0.4 is 4.74 Å². The van der Waals surface area contributed by atoms with Crippen molar-refractivity contribution in [1.82, 2.24) is 4.90 Å². The Labute approximate surface area is 130 Å². The van der Waals surface area contributed by atoms with Crippen molar-refractivity contribution >= 4 is 5.91 Å². The predicted octanol–water partition coefficient (Wildman–Crippen LogP) is 3.19. The lowest BCUT2D eigenvalue weighted by Crippen LogP contribution is -2.33. The molecule has 3 rings (SSSR count). The maximum absolute atomic E-state index is 12.7. The molecule has 0 bridgehead atoms. The van der Waals surface area contributed by atoms with Gasteiger partial charge in [0.2, 0.25) is 5.91 Å². The van der Waals surface area contributed by atoms with Gasteiger partial charge >= 0.3 is 0 Å². The molecule has 0 aliphatic carbocycles. The highest BCUT2D eigenvalue weighted by Crippen LogP contribution is 2.27. The number of fused-ring (bicyclic) bond motifs is 1. The lowest BCUT2D eigenvalue weighted by Gasteiger charge is -2.21. The van der Waals surface area contributed by atoms with Crippen molar-refractivity contribution in [1.29, 1.82) is 0 Å². The zero-order valence-corrected chi connectivity index (χ0v) is 13.0. The molecule has 2 aromatic rings. The van der Waals surface area contributed by atoms with E-state index in [1.807, 2.05) is 50.4 Å². The van der Waals surface area contributed by atoms with Gasteiger partial charge in [0.05, 0.1) is 13.2 Å². The second-order valence-electron chi connectivity index (χ2n) is 5.85. The Morgan fingerprint density at radius 3 is 2.86 bits per heavy atom. The fraction of sp³-hybridized carbons (Fsp3) is 0.389. The van der Waals surface area contributed by atoms with Crippen LogP contribution in [-0.2, 0) is 17.8 Å². The van der Waals surface area contributed by atoms with Gasteiger partial charge in [-0.3, -0.25) is 4.79 Å². The number of aryl methyl sites for hydroxylation is 1. The third kappa shape index (κ3) is 3.16. The second-order valence-corrected chi connectivity index (χ2v) is 5.85. The molecule has 1 aromatic carbocycles. The monoisotopic (exact) mass is 299 g/mol. The summed E-state index contributed by atoms with van der Waals surface area (Å²) in [5, 5.41) is 0. The van der Waals surface area contributed by atoms with Crippen LogP contribution in [0.4, 0.5) is 0 Å². The summed E-state index contributed by atoms with van der Waals surface area (Å²) < 4.78 is 11.3. The molecular weight excluding hydrogens is 278 g/mol. The molecule has 2 heterocycles. The molecule has 0 fully saturated rings. The maximum atomic E-state index is 12.7. The van der Waals surface area contributed by atoms with Crippen LogP contribution in [0.1, 0.15) is 23.5 Å². The van der Waals surface area contributed by atoms with E-state index in [1.165, 1.54) is 0 Å². The van der Waals surface area contributed by atoms with E-state index in [0.717, 1.165) is 35.7 Å². The van der Waals surface area contributed by atoms with Crippen LogP contribution >= 0.6 is 0 Å². The van der Waals surface area contributed by atoms with Gasteiger partial charge in [-0.15, -0.1) is 0 Å². The van der Waals surface area contributed by atoms with Gasteiger partial charge in [0.15, 0.2) is 0 Å². The van der Waals surface area contributed by atoms with Gasteiger partial charge in [-0.25, -0.2) is 0 Å². The highest BCUT2D eigenvalue weighted by atomic mass is 16.5. The summed E-state index contributed by atoms with van der Waals surface area (Å²) in [6.45, 7) is 3.00. The van der Waals surface area contributed by atoms with Crippen molar-refractivity contribution in [2.45, 2.75) is 26.3 Å². The zero-order chi connectivity index (χ0) is 15.5. The SMILES string of the molecule is Cc1ccc(CN(C)C(=O)[C@@H]2CCOc3ccccc3C2)o1. The molecule has 0 saturated heterocycles. The number of hydrogen-bond donors (Lipinski definition) is 0. The van der Waals surface area contributed by atoms with E-state index in [-0.39, 0.29) is 11.8 Å². The number of amides is 1. The fourth-order valence-corrected chi connectivity index (χ4v) is 2.90.